The molecule has 0 fully saturated rings. The first-order chi connectivity index (χ1) is 6.70. The summed E-state index contributed by atoms with van der Waals surface area (Å²) in [7, 11) is 2.10. The van der Waals surface area contributed by atoms with E-state index in [1.54, 1.807) is 11.3 Å². The average Bonchev–Trinajstić information content (AvgIpc) is 2.59. The first-order valence-electron chi connectivity index (χ1n) is 4.76. The molecule has 0 aliphatic carbocycles. The SMILES string of the molecule is CN1CCc2nc([C@@H](O)CN)sc2C1. The number of fused-ring (bicyclic) bond motifs is 1. The first-order valence-corrected chi connectivity index (χ1v) is 5.57. The van der Waals surface area contributed by atoms with Crippen molar-refractivity contribution in [2.45, 2.75) is 19.1 Å². The number of aliphatic hydroxyl groups is 1. The van der Waals surface area contributed by atoms with E-state index in [4.69, 9.17) is 5.73 Å². The van der Waals surface area contributed by atoms with Crippen molar-refractivity contribution in [1.82, 2.24) is 9.88 Å². The summed E-state index contributed by atoms with van der Waals surface area (Å²) in [6, 6.07) is 0. The Kier molecular flexibility index (Phi) is 2.83. The van der Waals surface area contributed by atoms with Gasteiger partial charge in [-0.05, 0) is 7.05 Å². The first kappa shape index (κ1) is 10.0. The number of likely N-dealkylation sites (N-methyl/N-ethyl adjacent to an activating group) is 1. The molecule has 5 heteroatoms. The van der Waals surface area contributed by atoms with E-state index in [0.717, 1.165) is 30.2 Å². The molecule has 14 heavy (non-hydrogen) atoms. The van der Waals surface area contributed by atoms with Gasteiger partial charge in [0.15, 0.2) is 0 Å². The van der Waals surface area contributed by atoms with E-state index in [0.29, 0.717) is 0 Å². The van der Waals surface area contributed by atoms with Gasteiger partial charge in [-0.15, -0.1) is 11.3 Å². The molecule has 2 heterocycles. The molecule has 78 valence electrons. The Bertz CT molecular complexity index is 326. The third-order valence-electron chi connectivity index (χ3n) is 2.45. The monoisotopic (exact) mass is 213 g/mol. The molecular formula is C9H15N3OS. The molecule has 3 N–H and O–H groups in total. The van der Waals surface area contributed by atoms with Crippen LogP contribution >= 0.6 is 11.3 Å². The van der Waals surface area contributed by atoms with Gasteiger partial charge in [-0.25, -0.2) is 4.98 Å². The van der Waals surface area contributed by atoms with Gasteiger partial charge in [0.2, 0.25) is 0 Å². The zero-order chi connectivity index (χ0) is 10.1. The van der Waals surface area contributed by atoms with Gasteiger partial charge in [-0.3, -0.25) is 0 Å². The Hall–Kier alpha value is -0.490. The van der Waals surface area contributed by atoms with E-state index in [9.17, 15) is 5.11 Å². The van der Waals surface area contributed by atoms with Crippen LogP contribution in [0, 0.1) is 0 Å². The highest BCUT2D eigenvalue weighted by Gasteiger charge is 2.20. The van der Waals surface area contributed by atoms with Crippen molar-refractivity contribution in [1.29, 1.82) is 0 Å². The van der Waals surface area contributed by atoms with E-state index < -0.39 is 6.10 Å². The van der Waals surface area contributed by atoms with Gasteiger partial charge in [-0.1, -0.05) is 0 Å². The summed E-state index contributed by atoms with van der Waals surface area (Å²) in [6.07, 6.45) is 0.399. The standard InChI is InChI=1S/C9H15N3OS/c1-12-3-2-6-8(5-12)14-9(11-6)7(13)4-10/h7,13H,2-5,10H2,1H3/t7-/m0/s1. The summed E-state index contributed by atoms with van der Waals surface area (Å²) in [5.41, 5.74) is 6.54. The molecule has 0 spiro atoms. The minimum Gasteiger partial charge on any atom is -0.385 e. The molecule has 2 rings (SSSR count). The number of hydrogen-bond donors (Lipinski definition) is 2. The van der Waals surface area contributed by atoms with Crippen LogP contribution in [0.4, 0.5) is 0 Å². The number of aliphatic hydroxyl groups excluding tert-OH is 1. The molecule has 1 aromatic heterocycles. The maximum absolute atomic E-state index is 9.55. The normalized spacial score (nSPS) is 19.4. The molecule has 1 aliphatic rings. The van der Waals surface area contributed by atoms with Crippen LogP contribution in [0.5, 0.6) is 0 Å². The van der Waals surface area contributed by atoms with E-state index in [-0.39, 0.29) is 6.54 Å². The second-order valence-electron chi connectivity index (χ2n) is 3.66. The summed E-state index contributed by atoms with van der Waals surface area (Å²) in [5, 5.41) is 10.3. The van der Waals surface area contributed by atoms with Crippen LogP contribution in [-0.2, 0) is 13.0 Å². The highest BCUT2D eigenvalue weighted by Crippen LogP contribution is 2.27. The number of rotatable bonds is 2. The van der Waals surface area contributed by atoms with Crippen LogP contribution in [0.3, 0.4) is 0 Å². The number of nitrogens with zero attached hydrogens (tertiary/aromatic N) is 2. The predicted molar refractivity (Wildman–Crippen MR) is 56.2 cm³/mol. The van der Waals surface area contributed by atoms with Crippen molar-refractivity contribution in [2.75, 3.05) is 20.1 Å². The van der Waals surface area contributed by atoms with Gasteiger partial charge in [0.25, 0.3) is 0 Å². The summed E-state index contributed by atoms with van der Waals surface area (Å²) >= 11 is 1.59. The van der Waals surface area contributed by atoms with Gasteiger partial charge in [0, 0.05) is 30.9 Å². The zero-order valence-electron chi connectivity index (χ0n) is 8.23. The Labute approximate surface area is 87.4 Å². The zero-order valence-corrected chi connectivity index (χ0v) is 9.05. The minimum absolute atomic E-state index is 0.252. The Morgan fingerprint density at radius 2 is 2.50 bits per heavy atom. The lowest BCUT2D eigenvalue weighted by molar-refractivity contribution is 0.186. The molecule has 0 aromatic carbocycles. The van der Waals surface area contributed by atoms with Crippen LogP contribution in [0.1, 0.15) is 21.7 Å². The van der Waals surface area contributed by atoms with Crippen LogP contribution in [-0.4, -0.2) is 35.1 Å². The second kappa shape index (κ2) is 3.94. The summed E-state index contributed by atoms with van der Waals surface area (Å²) in [5.74, 6) is 0. The fraction of sp³-hybridized carbons (Fsp3) is 0.667. The molecule has 0 unspecified atom stereocenters. The molecule has 1 aromatic rings. The van der Waals surface area contributed by atoms with Crippen LogP contribution in [0.25, 0.3) is 0 Å². The second-order valence-corrected chi connectivity index (χ2v) is 4.78. The minimum atomic E-state index is -0.587. The van der Waals surface area contributed by atoms with E-state index in [1.807, 2.05) is 0 Å². The van der Waals surface area contributed by atoms with Gasteiger partial charge in [0.05, 0.1) is 5.69 Å². The van der Waals surface area contributed by atoms with Crippen molar-refractivity contribution in [2.24, 2.45) is 5.73 Å². The van der Waals surface area contributed by atoms with E-state index in [2.05, 4.69) is 16.9 Å². The molecular weight excluding hydrogens is 198 g/mol. The maximum atomic E-state index is 9.55. The Balaban J connectivity index is 2.23. The number of thiazole rings is 1. The summed E-state index contributed by atoms with van der Waals surface area (Å²) in [6.45, 7) is 2.25. The van der Waals surface area contributed by atoms with Crippen LogP contribution < -0.4 is 5.73 Å². The van der Waals surface area contributed by atoms with Gasteiger partial charge < -0.3 is 15.7 Å². The fourth-order valence-corrected chi connectivity index (χ4v) is 2.78. The molecule has 0 radical (unpaired) electrons. The van der Waals surface area contributed by atoms with Gasteiger partial charge in [-0.2, -0.15) is 0 Å². The molecule has 0 saturated heterocycles. The Morgan fingerprint density at radius 3 is 3.21 bits per heavy atom. The lowest BCUT2D eigenvalue weighted by Gasteiger charge is -2.20. The third kappa shape index (κ3) is 1.81. The highest BCUT2D eigenvalue weighted by molar-refractivity contribution is 7.11. The summed E-state index contributed by atoms with van der Waals surface area (Å²) < 4.78 is 0. The average molecular weight is 213 g/mol. The number of aromatic nitrogens is 1. The number of nitrogens with two attached hydrogens (primary N) is 1. The maximum Gasteiger partial charge on any atom is 0.123 e. The topological polar surface area (TPSA) is 62.4 Å². The third-order valence-corrected chi connectivity index (χ3v) is 3.63. The van der Waals surface area contributed by atoms with Gasteiger partial charge >= 0.3 is 0 Å². The molecule has 1 atom stereocenters. The van der Waals surface area contributed by atoms with Crippen molar-refractivity contribution in [3.63, 3.8) is 0 Å². The van der Waals surface area contributed by atoms with Crippen molar-refractivity contribution < 1.29 is 5.11 Å². The predicted octanol–water partition coefficient (Wildman–Crippen LogP) is 0.123. The number of hydrogen-bond acceptors (Lipinski definition) is 5. The Morgan fingerprint density at radius 1 is 1.71 bits per heavy atom. The van der Waals surface area contributed by atoms with Gasteiger partial charge in [0.1, 0.15) is 11.1 Å². The van der Waals surface area contributed by atoms with E-state index >= 15 is 0 Å². The van der Waals surface area contributed by atoms with Crippen LogP contribution in [0.15, 0.2) is 0 Å². The fourth-order valence-electron chi connectivity index (χ4n) is 1.59. The lowest BCUT2D eigenvalue weighted by atomic mass is 10.2. The smallest absolute Gasteiger partial charge is 0.123 e. The van der Waals surface area contributed by atoms with Crippen molar-refractivity contribution in [3.05, 3.63) is 15.6 Å². The molecule has 4 nitrogen and oxygen atoms in total. The molecule has 1 aliphatic heterocycles. The summed E-state index contributed by atoms with van der Waals surface area (Å²) in [4.78, 5) is 7.96. The largest absolute Gasteiger partial charge is 0.385 e. The molecule has 0 saturated carbocycles. The van der Waals surface area contributed by atoms with E-state index in [1.165, 1.54) is 4.88 Å². The lowest BCUT2D eigenvalue weighted by Crippen LogP contribution is -2.25. The highest BCUT2D eigenvalue weighted by atomic mass is 32.1. The molecule has 0 amide bonds. The van der Waals surface area contributed by atoms with Crippen LogP contribution in [0.2, 0.25) is 0 Å². The van der Waals surface area contributed by atoms with Crippen molar-refractivity contribution >= 4 is 11.3 Å². The van der Waals surface area contributed by atoms with Crippen molar-refractivity contribution in [3.8, 4) is 0 Å². The quantitative estimate of drug-likeness (QED) is 0.732. The molecule has 0 bridgehead atoms.